The Morgan fingerprint density at radius 1 is 1.21 bits per heavy atom. The number of rotatable bonds is 4. The second kappa shape index (κ2) is 6.26. The first-order valence-corrected chi connectivity index (χ1v) is 7.92. The van der Waals surface area contributed by atoms with Crippen molar-refractivity contribution in [3.63, 3.8) is 0 Å². The lowest BCUT2D eigenvalue weighted by Crippen LogP contribution is -2.57. The molecule has 130 valence electrons. The highest BCUT2D eigenvalue weighted by Gasteiger charge is 2.45. The summed E-state index contributed by atoms with van der Waals surface area (Å²) in [6.45, 7) is 9.83. The number of hydrogen-bond donors (Lipinski definition) is 0. The van der Waals surface area contributed by atoms with E-state index in [2.05, 4.69) is 0 Å². The van der Waals surface area contributed by atoms with Crippen molar-refractivity contribution in [3.05, 3.63) is 23.8 Å². The smallest absolute Gasteiger partial charge is 0.329 e. The standard InChI is InChI=1S/C18H23NO5/c1-10(2)23-16(21)11(3)19-14-9-13(12(4)20)7-8-15(14)24-18(5,6)17(19)22/h7-11H,1-6H3. The van der Waals surface area contributed by atoms with Crippen molar-refractivity contribution in [3.8, 4) is 5.75 Å². The maximum atomic E-state index is 12.8. The number of nitrogens with zero attached hydrogens (tertiary/aromatic N) is 1. The van der Waals surface area contributed by atoms with E-state index in [0.717, 1.165) is 0 Å². The van der Waals surface area contributed by atoms with Crippen molar-refractivity contribution >= 4 is 23.3 Å². The van der Waals surface area contributed by atoms with Gasteiger partial charge in [-0.3, -0.25) is 14.5 Å². The lowest BCUT2D eigenvalue weighted by Gasteiger charge is -2.41. The molecule has 1 aromatic carbocycles. The fourth-order valence-electron chi connectivity index (χ4n) is 2.55. The number of anilines is 1. The molecule has 2 rings (SSSR count). The third-order valence-electron chi connectivity index (χ3n) is 3.80. The minimum absolute atomic E-state index is 0.132. The zero-order valence-corrected chi connectivity index (χ0v) is 14.9. The molecule has 0 N–H and O–H groups in total. The predicted octanol–water partition coefficient (Wildman–Crippen LogP) is 2.73. The van der Waals surface area contributed by atoms with Gasteiger partial charge in [0.25, 0.3) is 5.91 Å². The van der Waals surface area contributed by atoms with E-state index in [1.807, 2.05) is 0 Å². The Morgan fingerprint density at radius 3 is 2.38 bits per heavy atom. The van der Waals surface area contributed by atoms with Crippen molar-refractivity contribution < 1.29 is 23.9 Å². The van der Waals surface area contributed by atoms with Gasteiger partial charge in [-0.25, -0.2) is 4.79 Å². The number of carbonyl (C=O) groups excluding carboxylic acids is 3. The first-order chi connectivity index (χ1) is 11.0. The Hall–Kier alpha value is -2.37. The lowest BCUT2D eigenvalue weighted by atomic mass is 10.00. The van der Waals surface area contributed by atoms with Gasteiger partial charge in [0.15, 0.2) is 11.4 Å². The monoisotopic (exact) mass is 333 g/mol. The summed E-state index contributed by atoms with van der Waals surface area (Å²) < 4.78 is 11.0. The molecule has 1 heterocycles. The molecule has 24 heavy (non-hydrogen) atoms. The van der Waals surface area contributed by atoms with Gasteiger partial charge in [0, 0.05) is 5.56 Å². The number of benzene rings is 1. The summed E-state index contributed by atoms with van der Waals surface area (Å²) in [4.78, 5) is 38.2. The second-order valence-corrected chi connectivity index (χ2v) is 6.69. The van der Waals surface area contributed by atoms with Crippen molar-refractivity contribution in [2.45, 2.75) is 59.3 Å². The molecule has 1 unspecified atom stereocenters. The summed E-state index contributed by atoms with van der Waals surface area (Å²) in [7, 11) is 0. The third-order valence-corrected chi connectivity index (χ3v) is 3.80. The van der Waals surface area contributed by atoms with Gasteiger partial charge in [-0.05, 0) is 59.7 Å². The Morgan fingerprint density at radius 2 is 1.83 bits per heavy atom. The predicted molar refractivity (Wildman–Crippen MR) is 89.3 cm³/mol. The molecule has 6 nitrogen and oxygen atoms in total. The van der Waals surface area contributed by atoms with Gasteiger partial charge in [-0.2, -0.15) is 0 Å². The molecule has 0 spiro atoms. The van der Waals surface area contributed by atoms with E-state index in [1.165, 1.54) is 11.8 Å². The molecule has 1 aromatic rings. The number of amides is 1. The molecule has 1 atom stereocenters. The molecule has 1 amide bonds. The summed E-state index contributed by atoms with van der Waals surface area (Å²) in [6.07, 6.45) is -0.285. The molecule has 0 fully saturated rings. The minimum Gasteiger partial charge on any atom is -0.476 e. The molecular weight excluding hydrogens is 310 g/mol. The van der Waals surface area contributed by atoms with Gasteiger partial charge in [0.1, 0.15) is 11.8 Å². The number of hydrogen-bond acceptors (Lipinski definition) is 5. The molecule has 1 aliphatic rings. The van der Waals surface area contributed by atoms with Crippen molar-refractivity contribution in [2.75, 3.05) is 4.90 Å². The van der Waals surface area contributed by atoms with Crippen LogP contribution in [-0.4, -0.2) is 35.4 Å². The van der Waals surface area contributed by atoms with Gasteiger partial charge < -0.3 is 9.47 Å². The Bertz CT molecular complexity index is 693. The number of ether oxygens (including phenoxy) is 2. The maximum Gasteiger partial charge on any atom is 0.329 e. The Balaban J connectivity index is 2.52. The number of ketones is 1. The van der Waals surface area contributed by atoms with Crippen molar-refractivity contribution in [1.82, 2.24) is 0 Å². The Kier molecular flexibility index (Phi) is 4.69. The summed E-state index contributed by atoms with van der Waals surface area (Å²) >= 11 is 0. The van der Waals surface area contributed by atoms with Gasteiger partial charge in [-0.15, -0.1) is 0 Å². The third kappa shape index (κ3) is 3.27. The van der Waals surface area contributed by atoms with Crippen LogP contribution in [0.3, 0.4) is 0 Å². The van der Waals surface area contributed by atoms with Gasteiger partial charge in [-0.1, -0.05) is 0 Å². The largest absolute Gasteiger partial charge is 0.476 e. The highest BCUT2D eigenvalue weighted by Crippen LogP contribution is 2.39. The van der Waals surface area contributed by atoms with E-state index < -0.39 is 17.6 Å². The molecule has 0 bridgehead atoms. The average Bonchev–Trinajstić information content (AvgIpc) is 2.46. The number of fused-ring (bicyclic) bond motifs is 1. The molecular formula is C18H23NO5. The number of esters is 1. The highest BCUT2D eigenvalue weighted by molar-refractivity contribution is 6.07. The fraction of sp³-hybridized carbons (Fsp3) is 0.500. The van der Waals surface area contributed by atoms with Crippen LogP contribution in [0.2, 0.25) is 0 Å². The van der Waals surface area contributed by atoms with Gasteiger partial charge in [0.2, 0.25) is 0 Å². The number of carbonyl (C=O) groups is 3. The molecule has 6 heteroatoms. The summed E-state index contributed by atoms with van der Waals surface area (Å²) in [5.74, 6) is -0.541. The normalized spacial score (nSPS) is 17.1. The van der Waals surface area contributed by atoms with Crippen molar-refractivity contribution in [2.24, 2.45) is 0 Å². The van der Waals surface area contributed by atoms with Crippen molar-refractivity contribution in [1.29, 1.82) is 0 Å². The fourth-order valence-corrected chi connectivity index (χ4v) is 2.55. The zero-order chi connectivity index (χ0) is 18.2. The van der Waals surface area contributed by atoms with Crippen LogP contribution in [0.5, 0.6) is 5.75 Å². The summed E-state index contributed by atoms with van der Waals surface area (Å²) in [6, 6.07) is 4.03. The average molecular weight is 333 g/mol. The number of Topliss-reactive ketones (excluding diaryl/α,β-unsaturated/α-hetero) is 1. The van der Waals surface area contributed by atoms with E-state index in [4.69, 9.17) is 9.47 Å². The molecule has 0 saturated heterocycles. The van der Waals surface area contributed by atoms with Gasteiger partial charge in [0.05, 0.1) is 11.8 Å². The van der Waals surface area contributed by atoms with Crippen LogP contribution in [0, 0.1) is 0 Å². The molecule has 0 saturated carbocycles. The van der Waals surface area contributed by atoms with E-state index in [0.29, 0.717) is 17.0 Å². The first-order valence-electron chi connectivity index (χ1n) is 7.92. The first kappa shape index (κ1) is 18.0. The van der Waals surface area contributed by atoms with Gasteiger partial charge >= 0.3 is 5.97 Å². The van der Waals surface area contributed by atoms with Crippen LogP contribution < -0.4 is 9.64 Å². The van der Waals surface area contributed by atoms with Crippen LogP contribution in [0.1, 0.15) is 51.9 Å². The SMILES string of the molecule is CC(=O)c1ccc2c(c1)N(C(C)C(=O)OC(C)C)C(=O)C(C)(C)O2. The van der Waals surface area contributed by atoms with E-state index >= 15 is 0 Å². The van der Waals surface area contributed by atoms with Crippen LogP contribution >= 0.6 is 0 Å². The summed E-state index contributed by atoms with van der Waals surface area (Å²) in [5, 5.41) is 0. The minimum atomic E-state index is -1.11. The molecule has 1 aliphatic heterocycles. The van der Waals surface area contributed by atoms with E-state index in [1.54, 1.807) is 52.8 Å². The highest BCUT2D eigenvalue weighted by atomic mass is 16.5. The lowest BCUT2D eigenvalue weighted by molar-refractivity contribution is -0.151. The zero-order valence-electron chi connectivity index (χ0n) is 14.9. The Labute approximate surface area is 141 Å². The van der Waals surface area contributed by atoms with E-state index in [-0.39, 0.29) is 17.8 Å². The second-order valence-electron chi connectivity index (χ2n) is 6.69. The molecule has 0 aliphatic carbocycles. The topological polar surface area (TPSA) is 72.9 Å². The van der Waals surface area contributed by atoms with Crippen LogP contribution in [0.15, 0.2) is 18.2 Å². The molecule has 0 aromatic heterocycles. The quantitative estimate of drug-likeness (QED) is 0.626. The summed E-state index contributed by atoms with van der Waals surface area (Å²) in [5.41, 5.74) is -0.267. The van der Waals surface area contributed by atoms with Crippen LogP contribution in [-0.2, 0) is 14.3 Å². The maximum absolute atomic E-state index is 12.8. The molecule has 0 radical (unpaired) electrons. The van der Waals surface area contributed by atoms with Crippen LogP contribution in [0.25, 0.3) is 0 Å². The van der Waals surface area contributed by atoms with E-state index in [9.17, 15) is 14.4 Å². The van der Waals surface area contributed by atoms with Crippen LogP contribution in [0.4, 0.5) is 5.69 Å².